The molecule has 0 aliphatic carbocycles. The summed E-state index contributed by atoms with van der Waals surface area (Å²) < 4.78 is 0.950. The Morgan fingerprint density at radius 3 is 2.73 bits per heavy atom. The number of amides is 1. The van der Waals surface area contributed by atoms with Crippen LogP contribution >= 0.6 is 15.9 Å². The lowest BCUT2D eigenvalue weighted by atomic mass is 10.1. The zero-order chi connectivity index (χ0) is 18.8. The Balaban J connectivity index is 1.82. The van der Waals surface area contributed by atoms with Gasteiger partial charge in [0.05, 0.1) is 17.9 Å². The fraction of sp³-hybridized carbons (Fsp3) is 0.211. The molecule has 6 nitrogen and oxygen atoms in total. The Kier molecular flexibility index (Phi) is 5.08. The number of hydrogen-bond acceptors (Lipinski definition) is 3. The van der Waals surface area contributed by atoms with Gasteiger partial charge in [0.1, 0.15) is 0 Å². The maximum Gasteiger partial charge on any atom is 0.274 e. The van der Waals surface area contributed by atoms with Crippen LogP contribution in [0.5, 0.6) is 0 Å². The number of aromatic nitrogens is 1. The number of fused-ring (bicyclic) bond motifs is 1. The van der Waals surface area contributed by atoms with Crippen molar-refractivity contribution in [1.82, 2.24) is 9.88 Å². The van der Waals surface area contributed by atoms with Crippen LogP contribution in [0.2, 0.25) is 0 Å². The Morgan fingerprint density at radius 1 is 1.27 bits per heavy atom. The van der Waals surface area contributed by atoms with Crippen LogP contribution < -0.4 is 0 Å². The monoisotopic (exact) mass is 415 g/mol. The first-order valence-electron chi connectivity index (χ1n) is 8.09. The maximum absolute atomic E-state index is 12.7. The van der Waals surface area contributed by atoms with E-state index in [-0.39, 0.29) is 24.6 Å². The molecule has 1 aromatic heterocycles. The number of nitrogens with one attached hydrogen (secondary N) is 1. The van der Waals surface area contributed by atoms with Crippen molar-refractivity contribution in [2.75, 3.05) is 7.05 Å². The molecule has 134 valence electrons. The highest BCUT2D eigenvalue weighted by molar-refractivity contribution is 9.10. The molecule has 0 spiro atoms. The lowest BCUT2D eigenvalue weighted by molar-refractivity contribution is -0.385. The standard InChI is InChI=1S/C19H18BrN3O3/c1-12-15(16-9-14(20)7-8-17(16)21-12)10-19(24)22(2)11-13-5-3-4-6-18(13)23(25)26/h3-9,21H,10-11H2,1-2H3. The number of nitro groups is 1. The van der Waals surface area contributed by atoms with Gasteiger partial charge in [0.25, 0.3) is 5.69 Å². The fourth-order valence-electron chi connectivity index (χ4n) is 3.03. The number of nitro benzene ring substituents is 1. The first kappa shape index (κ1) is 18.1. The second-order valence-electron chi connectivity index (χ2n) is 6.23. The van der Waals surface area contributed by atoms with E-state index in [2.05, 4.69) is 20.9 Å². The maximum atomic E-state index is 12.7. The average Bonchev–Trinajstić information content (AvgIpc) is 2.90. The molecule has 0 unspecified atom stereocenters. The topological polar surface area (TPSA) is 79.2 Å². The lowest BCUT2D eigenvalue weighted by Crippen LogP contribution is -2.28. The number of halogens is 1. The predicted octanol–water partition coefficient (Wildman–Crippen LogP) is 4.35. The van der Waals surface area contributed by atoms with E-state index in [1.807, 2.05) is 25.1 Å². The smallest absolute Gasteiger partial charge is 0.274 e. The van der Waals surface area contributed by atoms with Gasteiger partial charge >= 0.3 is 0 Å². The highest BCUT2D eigenvalue weighted by atomic mass is 79.9. The van der Waals surface area contributed by atoms with Crippen molar-refractivity contribution < 1.29 is 9.72 Å². The van der Waals surface area contributed by atoms with Crippen LogP contribution in [0.25, 0.3) is 10.9 Å². The molecule has 0 saturated carbocycles. The summed E-state index contributed by atoms with van der Waals surface area (Å²) in [6.45, 7) is 2.14. The molecule has 0 aliphatic rings. The Labute approximate surface area is 159 Å². The van der Waals surface area contributed by atoms with Crippen LogP contribution in [0.3, 0.4) is 0 Å². The number of carbonyl (C=O) groups is 1. The van der Waals surface area contributed by atoms with Crippen LogP contribution in [0.1, 0.15) is 16.8 Å². The number of para-hydroxylation sites is 1. The predicted molar refractivity (Wildman–Crippen MR) is 104 cm³/mol. The van der Waals surface area contributed by atoms with Crippen LogP contribution in [0.4, 0.5) is 5.69 Å². The van der Waals surface area contributed by atoms with Crippen LogP contribution in [0, 0.1) is 17.0 Å². The normalized spacial score (nSPS) is 10.9. The molecular weight excluding hydrogens is 398 g/mol. The summed E-state index contributed by atoms with van der Waals surface area (Å²) in [5.41, 5.74) is 3.42. The van der Waals surface area contributed by atoms with Crippen molar-refractivity contribution in [3.8, 4) is 0 Å². The van der Waals surface area contributed by atoms with Gasteiger partial charge in [0.2, 0.25) is 5.91 Å². The van der Waals surface area contributed by atoms with Gasteiger partial charge in [-0.2, -0.15) is 0 Å². The second kappa shape index (κ2) is 7.29. The quantitative estimate of drug-likeness (QED) is 0.496. The van der Waals surface area contributed by atoms with Crippen molar-refractivity contribution >= 4 is 38.4 Å². The van der Waals surface area contributed by atoms with E-state index >= 15 is 0 Å². The summed E-state index contributed by atoms with van der Waals surface area (Å²) in [6, 6.07) is 12.4. The first-order chi connectivity index (χ1) is 12.4. The zero-order valence-corrected chi connectivity index (χ0v) is 16.0. The molecule has 26 heavy (non-hydrogen) atoms. The van der Waals surface area contributed by atoms with Gasteiger partial charge in [-0.05, 0) is 30.7 Å². The number of carbonyl (C=O) groups excluding carboxylic acids is 1. The molecule has 7 heteroatoms. The second-order valence-corrected chi connectivity index (χ2v) is 7.15. The third kappa shape index (κ3) is 3.62. The van der Waals surface area contributed by atoms with E-state index in [9.17, 15) is 14.9 Å². The van der Waals surface area contributed by atoms with E-state index in [0.29, 0.717) is 5.56 Å². The molecule has 1 heterocycles. The van der Waals surface area contributed by atoms with E-state index in [1.54, 1.807) is 25.2 Å². The number of hydrogen-bond donors (Lipinski definition) is 1. The number of aromatic amines is 1. The minimum atomic E-state index is -0.422. The molecule has 0 atom stereocenters. The van der Waals surface area contributed by atoms with Crippen LogP contribution in [-0.2, 0) is 17.8 Å². The third-order valence-electron chi connectivity index (χ3n) is 4.43. The summed E-state index contributed by atoms with van der Waals surface area (Å²) in [5.74, 6) is -0.0906. The van der Waals surface area contributed by atoms with Crippen molar-refractivity contribution in [2.45, 2.75) is 19.9 Å². The largest absolute Gasteiger partial charge is 0.358 e. The van der Waals surface area contributed by atoms with Gasteiger partial charge in [0.15, 0.2) is 0 Å². The summed E-state index contributed by atoms with van der Waals surface area (Å²) in [6.07, 6.45) is 0.236. The molecular formula is C19H18BrN3O3. The summed E-state index contributed by atoms with van der Waals surface area (Å²) in [4.78, 5) is 28.2. The van der Waals surface area contributed by atoms with Gasteiger partial charge in [-0.25, -0.2) is 0 Å². The van der Waals surface area contributed by atoms with E-state index in [0.717, 1.165) is 26.6 Å². The Bertz CT molecular complexity index is 997. The molecule has 0 bridgehead atoms. The fourth-order valence-corrected chi connectivity index (χ4v) is 3.40. The highest BCUT2D eigenvalue weighted by Gasteiger charge is 2.19. The Morgan fingerprint density at radius 2 is 2.00 bits per heavy atom. The van der Waals surface area contributed by atoms with E-state index < -0.39 is 4.92 Å². The SMILES string of the molecule is Cc1[nH]c2ccc(Br)cc2c1CC(=O)N(C)Cc1ccccc1[N+](=O)[O-]. The molecule has 2 aromatic carbocycles. The summed E-state index contributed by atoms with van der Waals surface area (Å²) in [5, 5.41) is 12.1. The number of H-pyrrole nitrogens is 1. The number of nitrogens with zero attached hydrogens (tertiary/aromatic N) is 2. The highest BCUT2D eigenvalue weighted by Crippen LogP contribution is 2.27. The number of rotatable bonds is 5. The molecule has 1 N–H and O–H groups in total. The summed E-state index contributed by atoms with van der Waals surface area (Å²) in [7, 11) is 1.67. The van der Waals surface area contributed by atoms with Crippen molar-refractivity contribution in [3.63, 3.8) is 0 Å². The number of aryl methyl sites for hydroxylation is 1. The van der Waals surface area contributed by atoms with Crippen LogP contribution in [0.15, 0.2) is 46.9 Å². The minimum absolute atomic E-state index is 0.0272. The van der Waals surface area contributed by atoms with Crippen molar-refractivity contribution in [1.29, 1.82) is 0 Å². The lowest BCUT2D eigenvalue weighted by Gasteiger charge is -2.17. The third-order valence-corrected chi connectivity index (χ3v) is 4.92. The molecule has 3 aromatic rings. The van der Waals surface area contributed by atoms with Crippen molar-refractivity contribution in [2.24, 2.45) is 0 Å². The van der Waals surface area contributed by atoms with E-state index in [1.165, 1.54) is 11.0 Å². The number of benzene rings is 2. The first-order valence-corrected chi connectivity index (χ1v) is 8.89. The van der Waals surface area contributed by atoms with Crippen LogP contribution in [-0.4, -0.2) is 27.8 Å². The van der Waals surface area contributed by atoms with Gasteiger partial charge in [-0.3, -0.25) is 14.9 Å². The van der Waals surface area contributed by atoms with Gasteiger partial charge in [-0.15, -0.1) is 0 Å². The molecule has 3 rings (SSSR count). The molecule has 0 fully saturated rings. The average molecular weight is 416 g/mol. The van der Waals surface area contributed by atoms with E-state index in [4.69, 9.17) is 0 Å². The Hall–Kier alpha value is -2.67. The molecule has 0 saturated heterocycles. The van der Waals surface area contributed by atoms with Crippen molar-refractivity contribution in [3.05, 3.63) is 73.9 Å². The molecule has 0 aliphatic heterocycles. The van der Waals surface area contributed by atoms with Gasteiger partial charge in [0, 0.05) is 39.7 Å². The number of likely N-dealkylation sites (N-methyl/N-ethyl adjacent to an activating group) is 1. The zero-order valence-electron chi connectivity index (χ0n) is 14.5. The van der Waals surface area contributed by atoms with Gasteiger partial charge in [-0.1, -0.05) is 34.1 Å². The molecule has 0 radical (unpaired) electrons. The summed E-state index contributed by atoms with van der Waals surface area (Å²) >= 11 is 3.46. The molecule has 1 amide bonds. The minimum Gasteiger partial charge on any atom is -0.358 e. The van der Waals surface area contributed by atoms with Gasteiger partial charge < -0.3 is 9.88 Å².